The maximum Gasteiger partial charge on any atom is 0.223 e. The van der Waals surface area contributed by atoms with Crippen LogP contribution in [0.2, 0.25) is 0 Å². The van der Waals surface area contributed by atoms with Gasteiger partial charge in [-0.05, 0) is 30.0 Å². The van der Waals surface area contributed by atoms with E-state index < -0.39 is 0 Å². The zero-order chi connectivity index (χ0) is 20.4. The summed E-state index contributed by atoms with van der Waals surface area (Å²) in [6.07, 6.45) is 4.65. The molecule has 5 heteroatoms. The van der Waals surface area contributed by atoms with Gasteiger partial charge in [-0.3, -0.25) is 9.78 Å². The molecule has 0 aliphatic heterocycles. The summed E-state index contributed by atoms with van der Waals surface area (Å²) >= 11 is 0. The molecular weight excluding hydrogens is 360 g/mol. The fourth-order valence-electron chi connectivity index (χ4n) is 3.39. The van der Waals surface area contributed by atoms with Gasteiger partial charge < -0.3 is 5.32 Å². The highest BCUT2D eigenvalue weighted by Gasteiger charge is 2.38. The molecular formula is C24H26N4O. The van der Waals surface area contributed by atoms with Crippen molar-refractivity contribution in [1.82, 2.24) is 20.3 Å². The average molecular weight is 386 g/mol. The quantitative estimate of drug-likeness (QED) is 0.672. The molecule has 0 unspecified atom stereocenters. The molecule has 1 aliphatic rings. The first kappa shape index (κ1) is 19.2. The van der Waals surface area contributed by atoms with Crippen LogP contribution in [0.25, 0.3) is 22.5 Å². The number of carbonyl (C=O) groups excluding carboxylic acids is 1. The second-order valence-electron chi connectivity index (χ2n) is 8.09. The molecule has 1 fully saturated rings. The number of amides is 1. The van der Waals surface area contributed by atoms with Crippen molar-refractivity contribution in [1.29, 1.82) is 0 Å². The number of rotatable bonds is 6. The molecule has 3 aromatic rings. The Morgan fingerprint density at radius 1 is 1.14 bits per heavy atom. The van der Waals surface area contributed by atoms with Crippen LogP contribution in [0.4, 0.5) is 0 Å². The zero-order valence-corrected chi connectivity index (χ0v) is 17.1. The first-order chi connectivity index (χ1) is 14.0. The minimum Gasteiger partial charge on any atom is -0.352 e. The van der Waals surface area contributed by atoms with E-state index in [1.54, 1.807) is 6.20 Å². The molecule has 2 heterocycles. The van der Waals surface area contributed by atoms with E-state index in [9.17, 15) is 4.79 Å². The van der Waals surface area contributed by atoms with Gasteiger partial charge in [-0.25, -0.2) is 9.97 Å². The molecule has 2 atom stereocenters. The Hall–Kier alpha value is -3.08. The Balaban J connectivity index is 1.59. The van der Waals surface area contributed by atoms with Crippen LogP contribution in [0.15, 0.2) is 54.9 Å². The molecule has 0 bridgehead atoms. The van der Waals surface area contributed by atoms with Crippen molar-refractivity contribution in [3.63, 3.8) is 0 Å². The molecule has 1 N–H and O–H groups in total. The van der Waals surface area contributed by atoms with Crippen LogP contribution in [-0.4, -0.2) is 20.9 Å². The third-order valence-corrected chi connectivity index (χ3v) is 5.40. The van der Waals surface area contributed by atoms with Crippen molar-refractivity contribution in [3.05, 3.63) is 66.2 Å². The summed E-state index contributed by atoms with van der Waals surface area (Å²) < 4.78 is 0. The maximum atomic E-state index is 12.0. The summed E-state index contributed by atoms with van der Waals surface area (Å²) in [6, 6.07) is 14.0. The lowest BCUT2D eigenvalue weighted by molar-refractivity contribution is -0.122. The molecule has 1 aliphatic carbocycles. The summed E-state index contributed by atoms with van der Waals surface area (Å²) in [6.45, 7) is 6.85. The molecule has 0 saturated heterocycles. The Morgan fingerprint density at radius 3 is 2.52 bits per heavy atom. The highest BCUT2D eigenvalue weighted by Crippen LogP contribution is 2.37. The van der Waals surface area contributed by atoms with E-state index in [4.69, 9.17) is 4.98 Å². The largest absolute Gasteiger partial charge is 0.352 e. The van der Waals surface area contributed by atoms with Gasteiger partial charge in [0.05, 0.1) is 11.4 Å². The second-order valence-corrected chi connectivity index (χ2v) is 8.09. The minimum absolute atomic E-state index is 0.163. The Bertz CT molecular complexity index is 999. The van der Waals surface area contributed by atoms with Gasteiger partial charge in [0.15, 0.2) is 0 Å². The lowest BCUT2D eigenvalue weighted by Crippen LogP contribution is -2.24. The summed E-state index contributed by atoms with van der Waals surface area (Å²) in [5.74, 6) is 1.94. The predicted octanol–water partition coefficient (Wildman–Crippen LogP) is 4.60. The number of hydrogen-bond donors (Lipinski definition) is 1. The van der Waals surface area contributed by atoms with Crippen molar-refractivity contribution in [2.24, 2.45) is 11.8 Å². The molecule has 0 spiro atoms. The van der Waals surface area contributed by atoms with E-state index >= 15 is 0 Å². The molecule has 29 heavy (non-hydrogen) atoms. The van der Waals surface area contributed by atoms with E-state index in [1.165, 1.54) is 0 Å². The van der Waals surface area contributed by atoms with E-state index in [0.29, 0.717) is 12.5 Å². The highest BCUT2D eigenvalue weighted by atomic mass is 16.2. The number of carbonyl (C=O) groups is 1. The number of nitrogens with zero attached hydrogens (tertiary/aromatic N) is 3. The molecule has 4 rings (SSSR count). The fraction of sp³-hybridized carbons (Fsp3) is 0.333. The van der Waals surface area contributed by atoms with Gasteiger partial charge in [0.1, 0.15) is 5.82 Å². The number of pyridine rings is 1. The van der Waals surface area contributed by atoms with Crippen molar-refractivity contribution >= 4 is 5.91 Å². The average Bonchev–Trinajstić information content (AvgIpc) is 3.49. The van der Waals surface area contributed by atoms with Gasteiger partial charge in [0.2, 0.25) is 5.91 Å². The third-order valence-electron chi connectivity index (χ3n) is 5.40. The van der Waals surface area contributed by atoms with Crippen LogP contribution in [0.1, 0.15) is 44.5 Å². The summed E-state index contributed by atoms with van der Waals surface area (Å²) in [7, 11) is 0. The maximum absolute atomic E-state index is 12.0. The molecule has 1 aromatic carbocycles. The first-order valence-electron chi connectivity index (χ1n) is 10.2. The molecule has 1 amide bonds. The number of hydrogen-bond acceptors (Lipinski definition) is 4. The van der Waals surface area contributed by atoms with Gasteiger partial charge >= 0.3 is 0 Å². The van der Waals surface area contributed by atoms with Crippen molar-refractivity contribution in [3.8, 4) is 22.5 Å². The van der Waals surface area contributed by atoms with Gasteiger partial charge in [0, 0.05) is 41.9 Å². The van der Waals surface area contributed by atoms with Crippen LogP contribution >= 0.6 is 0 Å². The number of nitrogens with one attached hydrogen (secondary N) is 1. The third kappa shape index (κ3) is 4.34. The summed E-state index contributed by atoms with van der Waals surface area (Å²) in [4.78, 5) is 25.9. The van der Waals surface area contributed by atoms with Gasteiger partial charge in [-0.15, -0.1) is 0 Å². The van der Waals surface area contributed by atoms with E-state index in [0.717, 1.165) is 40.3 Å². The van der Waals surface area contributed by atoms with E-state index in [2.05, 4.69) is 48.2 Å². The Labute approximate surface area is 171 Å². The fourth-order valence-corrected chi connectivity index (χ4v) is 3.39. The number of benzene rings is 1. The molecule has 0 radical (unpaired) electrons. The molecule has 5 nitrogen and oxygen atoms in total. The minimum atomic E-state index is 0.163. The lowest BCUT2D eigenvalue weighted by atomic mass is 10.0. The Kier molecular flexibility index (Phi) is 5.38. The molecule has 1 saturated carbocycles. The highest BCUT2D eigenvalue weighted by molar-refractivity contribution is 5.81. The van der Waals surface area contributed by atoms with Gasteiger partial charge in [0.25, 0.3) is 0 Å². The van der Waals surface area contributed by atoms with Crippen molar-refractivity contribution in [2.75, 3.05) is 0 Å². The second kappa shape index (κ2) is 8.11. The van der Waals surface area contributed by atoms with Crippen molar-refractivity contribution in [2.45, 2.75) is 39.7 Å². The Morgan fingerprint density at radius 2 is 1.90 bits per heavy atom. The lowest BCUT2D eigenvalue weighted by Gasteiger charge is -2.12. The van der Waals surface area contributed by atoms with E-state index in [1.807, 2.05) is 36.5 Å². The van der Waals surface area contributed by atoms with E-state index in [-0.39, 0.29) is 17.7 Å². The predicted molar refractivity (Wildman–Crippen MR) is 114 cm³/mol. The standard InChI is InChI=1S/C24H26N4O/c1-15(2)23-26-14-20(21-6-4-5-11-25-21)22(28-23)18-9-7-17(8-10-18)13-27-24(29)19-12-16(19)3/h4-11,14-16,19H,12-13H2,1-3H3,(H,27,29)/t16-,19+/m1/s1. The molecule has 148 valence electrons. The number of aromatic nitrogens is 3. The van der Waals surface area contributed by atoms with Crippen LogP contribution in [0, 0.1) is 11.8 Å². The van der Waals surface area contributed by atoms with Gasteiger partial charge in [-0.2, -0.15) is 0 Å². The molecule has 2 aromatic heterocycles. The summed E-state index contributed by atoms with van der Waals surface area (Å²) in [5, 5.41) is 3.04. The van der Waals surface area contributed by atoms with Crippen LogP contribution in [0.5, 0.6) is 0 Å². The smallest absolute Gasteiger partial charge is 0.223 e. The van der Waals surface area contributed by atoms with Crippen LogP contribution < -0.4 is 5.32 Å². The first-order valence-corrected chi connectivity index (χ1v) is 10.2. The topological polar surface area (TPSA) is 67.8 Å². The monoisotopic (exact) mass is 386 g/mol. The van der Waals surface area contributed by atoms with Crippen LogP contribution in [0.3, 0.4) is 0 Å². The SMILES string of the molecule is CC(C)c1ncc(-c2ccccn2)c(-c2ccc(CNC(=O)[C@H]3C[C@H]3C)cc2)n1. The van der Waals surface area contributed by atoms with Gasteiger partial charge in [-0.1, -0.05) is 51.1 Å². The normalized spacial score (nSPS) is 17.9. The van der Waals surface area contributed by atoms with Crippen LogP contribution in [-0.2, 0) is 11.3 Å². The van der Waals surface area contributed by atoms with Crippen molar-refractivity contribution < 1.29 is 4.79 Å². The summed E-state index contributed by atoms with van der Waals surface area (Å²) in [5.41, 5.74) is 4.74. The zero-order valence-electron chi connectivity index (χ0n) is 17.1.